The number of nitrogens with zero attached hydrogens (tertiary/aromatic N) is 3. The van der Waals surface area contributed by atoms with Crippen LogP contribution < -0.4 is 11.1 Å². The number of hydrogen-bond donors (Lipinski definition) is 2. The molecule has 0 unspecified atom stereocenters. The standard InChI is InChI=1S/C14H17Cl2N5O/c1-8-18-12(13(22)19-14(2,3)7-17)20-21(8)11-9(15)5-4-6-10(11)16/h4-6H,7,17H2,1-3H3,(H,19,22). The van der Waals surface area contributed by atoms with Crippen LogP contribution >= 0.6 is 23.2 Å². The zero-order valence-electron chi connectivity index (χ0n) is 12.5. The molecule has 1 aromatic heterocycles. The number of carbonyl (C=O) groups excluding carboxylic acids is 1. The summed E-state index contributed by atoms with van der Waals surface area (Å²) in [6.07, 6.45) is 0. The average molecular weight is 342 g/mol. The molecule has 3 N–H and O–H groups in total. The summed E-state index contributed by atoms with van der Waals surface area (Å²) in [4.78, 5) is 16.4. The minimum Gasteiger partial charge on any atom is -0.343 e. The molecule has 0 saturated heterocycles. The zero-order chi connectivity index (χ0) is 16.5. The molecule has 22 heavy (non-hydrogen) atoms. The van der Waals surface area contributed by atoms with Crippen molar-refractivity contribution < 1.29 is 4.79 Å². The van der Waals surface area contributed by atoms with E-state index in [4.69, 9.17) is 28.9 Å². The molecule has 2 aromatic rings. The van der Waals surface area contributed by atoms with E-state index in [0.717, 1.165) is 0 Å². The summed E-state index contributed by atoms with van der Waals surface area (Å²) in [6, 6.07) is 5.13. The molecular formula is C14H17Cl2N5O. The first-order valence-corrected chi connectivity index (χ1v) is 7.41. The Labute approximate surface area is 138 Å². The van der Waals surface area contributed by atoms with Crippen LogP contribution in [0.25, 0.3) is 5.69 Å². The first-order chi connectivity index (χ1) is 10.2. The lowest BCUT2D eigenvalue weighted by Gasteiger charge is -2.23. The second-order valence-electron chi connectivity index (χ2n) is 5.51. The molecule has 0 radical (unpaired) electrons. The number of aromatic nitrogens is 3. The summed E-state index contributed by atoms with van der Waals surface area (Å²) >= 11 is 12.3. The van der Waals surface area contributed by atoms with Crippen LogP contribution in [0.5, 0.6) is 0 Å². The number of benzene rings is 1. The SMILES string of the molecule is Cc1nc(C(=O)NC(C)(C)CN)nn1-c1c(Cl)cccc1Cl. The molecule has 1 amide bonds. The van der Waals surface area contributed by atoms with Crippen molar-refractivity contribution in [3.8, 4) is 5.69 Å². The van der Waals surface area contributed by atoms with Crippen molar-refractivity contribution in [3.63, 3.8) is 0 Å². The van der Waals surface area contributed by atoms with Gasteiger partial charge in [0.25, 0.3) is 5.91 Å². The minimum atomic E-state index is -0.543. The largest absolute Gasteiger partial charge is 0.343 e. The van der Waals surface area contributed by atoms with Gasteiger partial charge in [0.1, 0.15) is 11.5 Å². The van der Waals surface area contributed by atoms with E-state index in [1.807, 2.05) is 13.8 Å². The number of halogens is 2. The second kappa shape index (κ2) is 6.24. The van der Waals surface area contributed by atoms with E-state index < -0.39 is 11.4 Å². The van der Waals surface area contributed by atoms with Crippen LogP contribution in [-0.4, -0.2) is 32.8 Å². The van der Waals surface area contributed by atoms with Crippen LogP contribution in [0.1, 0.15) is 30.3 Å². The number of aryl methyl sites for hydroxylation is 1. The molecule has 0 bridgehead atoms. The molecule has 1 heterocycles. The quantitative estimate of drug-likeness (QED) is 0.893. The molecule has 2 rings (SSSR count). The molecular weight excluding hydrogens is 325 g/mol. The topological polar surface area (TPSA) is 85.8 Å². The Hall–Kier alpha value is -1.63. The van der Waals surface area contributed by atoms with Gasteiger partial charge in [-0.2, -0.15) is 0 Å². The molecule has 118 valence electrons. The number of nitrogens with two attached hydrogens (primary N) is 1. The molecule has 0 aliphatic rings. The number of hydrogen-bond acceptors (Lipinski definition) is 4. The van der Waals surface area contributed by atoms with Crippen LogP contribution in [-0.2, 0) is 0 Å². The molecule has 0 spiro atoms. The normalized spacial score (nSPS) is 11.5. The van der Waals surface area contributed by atoms with Gasteiger partial charge in [0.15, 0.2) is 0 Å². The first kappa shape index (κ1) is 16.7. The van der Waals surface area contributed by atoms with Crippen molar-refractivity contribution in [2.45, 2.75) is 26.3 Å². The fourth-order valence-electron chi connectivity index (χ4n) is 1.80. The van der Waals surface area contributed by atoms with Gasteiger partial charge in [-0.05, 0) is 32.9 Å². The number of para-hydroxylation sites is 1. The van der Waals surface area contributed by atoms with Gasteiger partial charge in [0.05, 0.1) is 10.0 Å². The van der Waals surface area contributed by atoms with E-state index in [9.17, 15) is 4.79 Å². The fourth-order valence-corrected chi connectivity index (χ4v) is 2.36. The summed E-state index contributed by atoms with van der Waals surface area (Å²) in [7, 11) is 0. The Kier molecular flexibility index (Phi) is 4.75. The van der Waals surface area contributed by atoms with Gasteiger partial charge in [-0.1, -0.05) is 29.3 Å². The highest BCUT2D eigenvalue weighted by Gasteiger charge is 2.23. The Morgan fingerprint density at radius 2 is 1.95 bits per heavy atom. The Morgan fingerprint density at radius 1 is 1.36 bits per heavy atom. The molecule has 0 aliphatic carbocycles. The first-order valence-electron chi connectivity index (χ1n) is 6.66. The van der Waals surface area contributed by atoms with Crippen LogP contribution in [0.4, 0.5) is 0 Å². The van der Waals surface area contributed by atoms with Gasteiger partial charge < -0.3 is 11.1 Å². The van der Waals surface area contributed by atoms with Crippen molar-refractivity contribution in [2.24, 2.45) is 5.73 Å². The van der Waals surface area contributed by atoms with Gasteiger partial charge in [-0.15, -0.1) is 5.10 Å². The highest BCUT2D eigenvalue weighted by Crippen LogP contribution is 2.28. The highest BCUT2D eigenvalue weighted by atomic mass is 35.5. The Morgan fingerprint density at radius 3 is 2.50 bits per heavy atom. The fraction of sp³-hybridized carbons (Fsp3) is 0.357. The molecule has 0 aliphatic heterocycles. The predicted octanol–water partition coefficient (Wildman–Crippen LogP) is 2.35. The monoisotopic (exact) mass is 341 g/mol. The lowest BCUT2D eigenvalue weighted by molar-refractivity contribution is 0.0905. The predicted molar refractivity (Wildman–Crippen MR) is 86.7 cm³/mol. The Bertz CT molecular complexity index is 691. The van der Waals surface area contributed by atoms with Crippen molar-refractivity contribution in [2.75, 3.05) is 6.54 Å². The minimum absolute atomic E-state index is 0.0370. The summed E-state index contributed by atoms with van der Waals surface area (Å²) in [5.74, 6) is 0.140. The molecule has 6 nitrogen and oxygen atoms in total. The number of carbonyl (C=O) groups is 1. The second-order valence-corrected chi connectivity index (χ2v) is 6.32. The van der Waals surface area contributed by atoms with E-state index in [1.54, 1.807) is 25.1 Å². The average Bonchev–Trinajstić information content (AvgIpc) is 2.80. The third-order valence-electron chi connectivity index (χ3n) is 3.08. The van der Waals surface area contributed by atoms with Crippen molar-refractivity contribution in [1.82, 2.24) is 20.1 Å². The maximum Gasteiger partial charge on any atom is 0.291 e. The highest BCUT2D eigenvalue weighted by molar-refractivity contribution is 6.37. The van der Waals surface area contributed by atoms with Crippen LogP contribution in [0.15, 0.2) is 18.2 Å². The summed E-state index contributed by atoms with van der Waals surface area (Å²) in [5.41, 5.74) is 5.55. The van der Waals surface area contributed by atoms with E-state index in [2.05, 4.69) is 15.4 Å². The van der Waals surface area contributed by atoms with E-state index in [0.29, 0.717) is 28.1 Å². The number of nitrogens with one attached hydrogen (secondary N) is 1. The van der Waals surface area contributed by atoms with E-state index in [1.165, 1.54) is 4.68 Å². The van der Waals surface area contributed by atoms with Crippen LogP contribution in [0.3, 0.4) is 0 Å². The van der Waals surface area contributed by atoms with E-state index in [-0.39, 0.29) is 5.82 Å². The molecule has 0 saturated carbocycles. The van der Waals surface area contributed by atoms with Crippen molar-refractivity contribution in [3.05, 3.63) is 39.9 Å². The molecule has 0 atom stereocenters. The van der Waals surface area contributed by atoms with Crippen LogP contribution in [0, 0.1) is 6.92 Å². The van der Waals surface area contributed by atoms with Gasteiger partial charge in [-0.3, -0.25) is 4.79 Å². The van der Waals surface area contributed by atoms with Gasteiger partial charge >= 0.3 is 0 Å². The lowest BCUT2D eigenvalue weighted by Crippen LogP contribution is -2.49. The summed E-state index contributed by atoms with van der Waals surface area (Å²) in [6.45, 7) is 5.66. The third-order valence-corrected chi connectivity index (χ3v) is 3.69. The lowest BCUT2D eigenvalue weighted by atomic mass is 10.1. The summed E-state index contributed by atoms with van der Waals surface area (Å²) < 4.78 is 1.45. The van der Waals surface area contributed by atoms with Gasteiger partial charge in [0.2, 0.25) is 5.82 Å². The third kappa shape index (κ3) is 3.40. The van der Waals surface area contributed by atoms with Crippen molar-refractivity contribution in [1.29, 1.82) is 0 Å². The maximum absolute atomic E-state index is 12.2. The van der Waals surface area contributed by atoms with Gasteiger partial charge in [0, 0.05) is 12.1 Å². The molecule has 0 fully saturated rings. The molecule has 1 aromatic carbocycles. The van der Waals surface area contributed by atoms with Gasteiger partial charge in [-0.25, -0.2) is 9.67 Å². The number of rotatable bonds is 4. The van der Waals surface area contributed by atoms with Crippen molar-refractivity contribution >= 4 is 29.1 Å². The zero-order valence-corrected chi connectivity index (χ0v) is 14.0. The van der Waals surface area contributed by atoms with E-state index >= 15 is 0 Å². The maximum atomic E-state index is 12.2. The smallest absolute Gasteiger partial charge is 0.291 e. The number of amides is 1. The summed E-state index contributed by atoms with van der Waals surface area (Å²) in [5, 5.41) is 7.83. The Balaban J connectivity index is 2.39. The molecule has 8 heteroatoms. The van der Waals surface area contributed by atoms with Crippen LogP contribution in [0.2, 0.25) is 10.0 Å².